The van der Waals surface area contributed by atoms with Crippen LogP contribution >= 0.6 is 0 Å². The normalized spacial score (nSPS) is 11.3. The number of hydrogen-bond donors (Lipinski definition) is 1. The Hall–Kier alpha value is -4.73. The van der Waals surface area contributed by atoms with Gasteiger partial charge in [0.15, 0.2) is 0 Å². The lowest BCUT2D eigenvalue weighted by Crippen LogP contribution is -2.33. The molecule has 0 fully saturated rings. The van der Waals surface area contributed by atoms with Gasteiger partial charge in [0.25, 0.3) is 0 Å². The summed E-state index contributed by atoms with van der Waals surface area (Å²) in [5.41, 5.74) is -3.57. The van der Waals surface area contributed by atoms with Crippen LogP contribution in [0.4, 0.5) is 42.1 Å². The molecular formula is C26H17F7N4O2. The zero-order valence-corrected chi connectivity index (χ0v) is 19.7. The first-order valence-corrected chi connectivity index (χ1v) is 10.8. The van der Waals surface area contributed by atoms with Gasteiger partial charge in [-0.15, -0.1) is 0 Å². The number of pyridine rings is 2. The van der Waals surface area contributed by atoms with E-state index < -0.39 is 59.8 Å². The van der Waals surface area contributed by atoms with Crippen LogP contribution in [0.25, 0.3) is 0 Å². The number of amides is 2. The molecule has 13 heteroatoms. The van der Waals surface area contributed by atoms with Crippen LogP contribution in [-0.4, -0.2) is 28.3 Å². The monoisotopic (exact) mass is 550 g/mol. The summed E-state index contributed by atoms with van der Waals surface area (Å²) in [6.45, 7) is 2.93. The Bertz CT molecular complexity index is 1440. The molecule has 2 aromatic heterocycles. The van der Waals surface area contributed by atoms with Crippen molar-refractivity contribution in [1.29, 1.82) is 0 Å². The molecule has 3 rings (SSSR count). The van der Waals surface area contributed by atoms with Gasteiger partial charge in [-0.25, -0.2) is 4.39 Å². The van der Waals surface area contributed by atoms with Gasteiger partial charge >= 0.3 is 12.4 Å². The van der Waals surface area contributed by atoms with E-state index in [9.17, 15) is 40.3 Å². The molecule has 0 unspecified atom stereocenters. The fourth-order valence-electron chi connectivity index (χ4n) is 3.21. The second-order valence-electron chi connectivity index (χ2n) is 7.80. The van der Waals surface area contributed by atoms with Crippen molar-refractivity contribution in [2.45, 2.75) is 18.8 Å². The van der Waals surface area contributed by atoms with Crippen molar-refractivity contribution < 1.29 is 40.3 Å². The van der Waals surface area contributed by atoms with Crippen molar-refractivity contribution in [3.63, 3.8) is 0 Å². The van der Waals surface area contributed by atoms with E-state index in [4.69, 9.17) is 0 Å². The molecule has 1 N–H and O–H groups in total. The lowest BCUT2D eigenvalue weighted by atomic mass is 10.1. The molecule has 0 spiro atoms. The van der Waals surface area contributed by atoms with Crippen molar-refractivity contribution >= 4 is 23.2 Å². The minimum atomic E-state index is -5.22. The van der Waals surface area contributed by atoms with Gasteiger partial charge in [-0.2, -0.15) is 26.3 Å². The molecule has 2 heterocycles. The van der Waals surface area contributed by atoms with Crippen LogP contribution in [0.15, 0.2) is 67.6 Å². The van der Waals surface area contributed by atoms with Crippen molar-refractivity contribution in [2.24, 2.45) is 0 Å². The molecule has 0 saturated carbocycles. The van der Waals surface area contributed by atoms with Crippen molar-refractivity contribution in [1.82, 2.24) is 9.97 Å². The summed E-state index contributed by atoms with van der Waals surface area (Å²) in [4.78, 5) is 32.7. The molecular weight excluding hydrogens is 533 g/mol. The van der Waals surface area contributed by atoms with Crippen molar-refractivity contribution in [3.8, 4) is 11.8 Å². The fourth-order valence-corrected chi connectivity index (χ4v) is 3.21. The SMILES string of the molecule is C=CC(=O)Nc1cncc(C#CCN(C(=O)Cc2ncc(C(F)(F)F)cc2C(F)(F)F)c2ccc(F)cc2)c1. The number of carbonyl (C=O) groups is 2. The van der Waals surface area contributed by atoms with E-state index in [1.54, 1.807) is 0 Å². The van der Waals surface area contributed by atoms with Gasteiger partial charge in [-0.3, -0.25) is 19.6 Å². The molecule has 0 aliphatic carbocycles. The molecule has 0 aliphatic rings. The molecule has 3 aromatic rings. The van der Waals surface area contributed by atoms with Crippen LogP contribution in [0.1, 0.15) is 22.4 Å². The van der Waals surface area contributed by atoms with Gasteiger partial charge in [0, 0.05) is 23.6 Å². The third-order valence-corrected chi connectivity index (χ3v) is 5.02. The lowest BCUT2D eigenvalue weighted by Gasteiger charge is -2.21. The minimum Gasteiger partial charge on any atom is -0.321 e. The molecule has 0 atom stereocenters. The van der Waals surface area contributed by atoms with E-state index in [-0.39, 0.29) is 18.0 Å². The summed E-state index contributed by atoms with van der Waals surface area (Å²) in [7, 11) is 0. The summed E-state index contributed by atoms with van der Waals surface area (Å²) in [5.74, 6) is 3.20. The zero-order valence-electron chi connectivity index (χ0n) is 19.7. The Balaban J connectivity index is 1.92. The smallest absolute Gasteiger partial charge is 0.321 e. The van der Waals surface area contributed by atoms with Crippen LogP contribution < -0.4 is 10.2 Å². The average Bonchev–Trinajstić information content (AvgIpc) is 2.86. The molecule has 0 bridgehead atoms. The second kappa shape index (κ2) is 11.8. The van der Waals surface area contributed by atoms with Crippen LogP contribution in [0, 0.1) is 17.7 Å². The number of alkyl halides is 6. The first kappa shape index (κ1) is 28.8. The largest absolute Gasteiger partial charge is 0.418 e. The quantitative estimate of drug-likeness (QED) is 0.253. The van der Waals surface area contributed by atoms with E-state index in [0.717, 1.165) is 23.1 Å². The first-order valence-electron chi connectivity index (χ1n) is 10.8. The number of hydrogen-bond acceptors (Lipinski definition) is 4. The number of aromatic nitrogens is 2. The van der Waals surface area contributed by atoms with E-state index in [0.29, 0.717) is 11.3 Å². The Labute approximate surface area is 217 Å². The summed E-state index contributed by atoms with van der Waals surface area (Å²) < 4.78 is 92.9. The van der Waals surface area contributed by atoms with Crippen LogP contribution in [0.5, 0.6) is 0 Å². The summed E-state index contributed by atoms with van der Waals surface area (Å²) in [5, 5.41) is 2.48. The summed E-state index contributed by atoms with van der Waals surface area (Å²) in [6.07, 6.45) is -7.37. The maximum Gasteiger partial charge on any atom is 0.418 e. The van der Waals surface area contributed by atoms with Gasteiger partial charge in [0.1, 0.15) is 5.82 Å². The Morgan fingerprint density at radius 2 is 1.69 bits per heavy atom. The number of benzene rings is 1. The number of carbonyl (C=O) groups excluding carboxylic acids is 2. The molecule has 39 heavy (non-hydrogen) atoms. The van der Waals surface area contributed by atoms with E-state index in [1.165, 1.54) is 30.6 Å². The van der Waals surface area contributed by atoms with E-state index in [1.807, 2.05) is 0 Å². The third kappa shape index (κ3) is 7.88. The fraction of sp³-hybridized carbons (Fsp3) is 0.154. The summed E-state index contributed by atoms with van der Waals surface area (Å²) >= 11 is 0. The van der Waals surface area contributed by atoms with Gasteiger partial charge < -0.3 is 10.2 Å². The van der Waals surface area contributed by atoms with Gasteiger partial charge in [-0.1, -0.05) is 18.4 Å². The Kier molecular flexibility index (Phi) is 8.70. The van der Waals surface area contributed by atoms with Gasteiger partial charge in [-0.05, 0) is 42.5 Å². The highest BCUT2D eigenvalue weighted by Crippen LogP contribution is 2.36. The van der Waals surface area contributed by atoms with Crippen LogP contribution in [0.2, 0.25) is 0 Å². The molecule has 0 aliphatic heterocycles. The number of nitrogens with zero attached hydrogens (tertiary/aromatic N) is 3. The first-order chi connectivity index (χ1) is 18.3. The second-order valence-corrected chi connectivity index (χ2v) is 7.80. The van der Waals surface area contributed by atoms with Crippen molar-refractivity contribution in [3.05, 3.63) is 95.8 Å². The molecule has 2 amide bonds. The number of anilines is 2. The molecule has 1 aromatic carbocycles. The highest BCUT2D eigenvalue weighted by atomic mass is 19.4. The van der Waals surface area contributed by atoms with Crippen LogP contribution in [0.3, 0.4) is 0 Å². The molecule has 6 nitrogen and oxygen atoms in total. The molecule has 0 saturated heterocycles. The highest BCUT2D eigenvalue weighted by molar-refractivity contribution is 5.98. The number of rotatable bonds is 6. The average molecular weight is 550 g/mol. The van der Waals surface area contributed by atoms with Gasteiger partial charge in [0.2, 0.25) is 11.8 Å². The maximum absolute atomic E-state index is 13.5. The Morgan fingerprint density at radius 1 is 1.00 bits per heavy atom. The number of halogens is 7. The Morgan fingerprint density at radius 3 is 2.31 bits per heavy atom. The van der Waals surface area contributed by atoms with Gasteiger partial charge in [0.05, 0.1) is 41.7 Å². The maximum atomic E-state index is 13.5. The standard InChI is InChI=1S/C26H17F7N4O2/c1-2-23(38)36-19-10-16(13-34-15-19)4-3-9-37(20-7-5-18(27)6-8-20)24(39)12-22-21(26(31,32)33)11-17(14-35-22)25(28,29)30/h2,5-8,10-11,13-15H,1,9,12H2,(H,36,38). The van der Waals surface area contributed by atoms with Crippen LogP contribution in [-0.2, 0) is 28.4 Å². The number of nitrogens with one attached hydrogen (secondary N) is 1. The summed E-state index contributed by atoms with van der Waals surface area (Å²) in [6, 6.07) is 5.75. The van der Waals surface area contributed by atoms with E-state index in [2.05, 4.69) is 33.7 Å². The predicted molar refractivity (Wildman–Crippen MR) is 127 cm³/mol. The highest BCUT2D eigenvalue weighted by Gasteiger charge is 2.39. The molecule has 0 radical (unpaired) electrons. The zero-order chi connectivity index (χ0) is 28.8. The van der Waals surface area contributed by atoms with E-state index >= 15 is 0 Å². The third-order valence-electron chi connectivity index (χ3n) is 5.02. The topological polar surface area (TPSA) is 75.2 Å². The van der Waals surface area contributed by atoms with Crippen molar-refractivity contribution in [2.75, 3.05) is 16.8 Å². The lowest BCUT2D eigenvalue weighted by molar-refractivity contribution is -0.144. The minimum absolute atomic E-state index is 0.0706. The predicted octanol–water partition coefficient (Wildman–Crippen LogP) is 5.41. The molecule has 202 valence electrons.